The first-order valence-electron chi connectivity index (χ1n) is 9.67. The van der Waals surface area contributed by atoms with E-state index in [1.54, 1.807) is 0 Å². The summed E-state index contributed by atoms with van der Waals surface area (Å²) in [6.07, 6.45) is 0. The van der Waals surface area contributed by atoms with Crippen molar-refractivity contribution in [1.29, 1.82) is 0 Å². The smallest absolute Gasteiger partial charge is 0.545 e. The summed E-state index contributed by atoms with van der Waals surface area (Å²) in [7, 11) is -1.17. The van der Waals surface area contributed by atoms with Crippen molar-refractivity contribution < 1.29 is 24.3 Å². The fraction of sp³-hybridized carbons (Fsp3) is 0. The molecule has 0 saturated heterocycles. The maximum atomic E-state index is 7.75. The van der Waals surface area contributed by atoms with Crippen molar-refractivity contribution in [2.75, 3.05) is 0 Å². The van der Waals surface area contributed by atoms with Crippen LogP contribution in [0.25, 0.3) is 21.8 Å². The van der Waals surface area contributed by atoms with Crippen LogP contribution in [0.2, 0.25) is 0 Å². The number of rotatable bonds is 3. The van der Waals surface area contributed by atoms with Crippen molar-refractivity contribution in [2.45, 2.75) is 0 Å². The molecular formula is C27H21NOPRh+. The predicted octanol–water partition coefficient (Wildman–Crippen LogP) is 4.78. The van der Waals surface area contributed by atoms with Gasteiger partial charge in [-0.15, -0.1) is 6.07 Å². The Kier molecular flexibility index (Phi) is 7.69. The number of fused-ring (bicyclic) bond motifs is 2. The van der Waals surface area contributed by atoms with Gasteiger partial charge in [0.15, 0.2) is 0 Å². The summed E-state index contributed by atoms with van der Waals surface area (Å²) in [5.41, 5.74) is 3.06. The predicted molar refractivity (Wildman–Crippen MR) is 131 cm³/mol. The summed E-state index contributed by atoms with van der Waals surface area (Å²) in [5.74, 6) is 0. The van der Waals surface area contributed by atoms with Gasteiger partial charge in [0.25, 0.3) is 0 Å². The Morgan fingerprint density at radius 1 is 0.645 bits per heavy atom. The topological polar surface area (TPSA) is 30.0 Å². The van der Waals surface area contributed by atoms with E-state index in [4.69, 9.17) is 9.78 Å². The third kappa shape index (κ3) is 4.59. The molecule has 31 heavy (non-hydrogen) atoms. The Labute approximate surface area is 196 Å². The van der Waals surface area contributed by atoms with Crippen LogP contribution in [0.5, 0.6) is 0 Å². The van der Waals surface area contributed by atoms with Gasteiger partial charge in [-0.1, -0.05) is 66.0 Å². The molecule has 0 spiro atoms. The van der Waals surface area contributed by atoms with E-state index in [-0.39, 0.29) is 19.5 Å². The van der Waals surface area contributed by atoms with E-state index in [0.717, 1.165) is 22.0 Å². The molecule has 1 radical (unpaired) electrons. The van der Waals surface area contributed by atoms with Crippen molar-refractivity contribution in [2.24, 2.45) is 0 Å². The molecule has 0 saturated carbocycles. The quantitative estimate of drug-likeness (QED) is 0.115. The fourth-order valence-corrected chi connectivity index (χ4v) is 6.54. The first kappa shape index (κ1) is 22.8. The molecule has 4 heteroatoms. The van der Waals surface area contributed by atoms with Crippen LogP contribution in [0, 0.1) is 6.92 Å². The standard InChI is InChI=1S/C26H19NP.CHO.Rh/c1-19-10-8-11-20-18-21-12-9-17-24(26(21)27-25(19)20)28(22-13-4-2-5-14-22)23-15-6-3-7-16-23;1-2;/h2-18H,1H2;1H;/q2*-1;+2/p+1. The molecule has 1 aromatic heterocycles. The summed E-state index contributed by atoms with van der Waals surface area (Å²) in [6.45, 7) is 7.44. The molecule has 0 aliphatic rings. The van der Waals surface area contributed by atoms with Crippen LogP contribution in [0.4, 0.5) is 0 Å². The normalized spacial score (nSPS) is 10.4. The second kappa shape index (κ2) is 10.4. The van der Waals surface area contributed by atoms with Gasteiger partial charge in [0.05, 0.1) is 5.52 Å². The zero-order chi connectivity index (χ0) is 20.9. The average molecular weight is 509 g/mol. The van der Waals surface area contributed by atoms with Gasteiger partial charge in [0.2, 0.25) is 0 Å². The van der Waals surface area contributed by atoms with E-state index in [9.17, 15) is 0 Å². The van der Waals surface area contributed by atoms with E-state index in [1.165, 1.54) is 21.3 Å². The average Bonchev–Trinajstić information content (AvgIpc) is 2.81. The summed E-state index contributed by atoms with van der Waals surface area (Å²) in [5, 5.41) is 6.40. The van der Waals surface area contributed by atoms with E-state index in [1.807, 2.05) is 12.1 Å². The van der Waals surface area contributed by atoms with Crippen LogP contribution in [0.1, 0.15) is 5.56 Å². The Bertz CT molecular complexity index is 1250. The summed E-state index contributed by atoms with van der Waals surface area (Å²) < 4.78 is 0. The SMILES string of the molecule is [CH-]=O.[CH2-]c1cccc2cc3cccc([PH+](c4ccccc4)c4ccccc4)c3nc12.[Rh+2]. The first-order valence-corrected chi connectivity index (χ1v) is 11.2. The number of para-hydroxylation sites is 2. The molecule has 0 atom stereocenters. The first-order chi connectivity index (χ1) is 14.8. The summed E-state index contributed by atoms with van der Waals surface area (Å²) >= 11 is 0. The van der Waals surface area contributed by atoms with Gasteiger partial charge < -0.3 is 9.78 Å². The molecule has 0 N–H and O–H groups in total. The van der Waals surface area contributed by atoms with Gasteiger partial charge in [-0.2, -0.15) is 18.6 Å². The van der Waals surface area contributed by atoms with Gasteiger partial charge in [0, 0.05) is 5.39 Å². The molecule has 4 aromatic carbocycles. The second-order valence-corrected chi connectivity index (χ2v) is 9.40. The molecule has 1 heterocycles. The Balaban J connectivity index is 0.000000883. The van der Waals surface area contributed by atoms with E-state index in [0.29, 0.717) is 0 Å². The minimum atomic E-state index is -1.17. The number of pyridine rings is 1. The van der Waals surface area contributed by atoms with Gasteiger partial charge in [-0.05, 0) is 35.8 Å². The van der Waals surface area contributed by atoms with Gasteiger partial charge in [0.1, 0.15) is 23.8 Å². The largest absolute Gasteiger partial charge is 2.00 e. The molecule has 0 bridgehead atoms. The van der Waals surface area contributed by atoms with E-state index < -0.39 is 7.92 Å². The Morgan fingerprint density at radius 2 is 1.16 bits per heavy atom. The minimum Gasteiger partial charge on any atom is -0.545 e. The molecule has 0 fully saturated rings. The molecule has 0 unspecified atom stereocenters. The number of aromatic nitrogens is 1. The monoisotopic (exact) mass is 509 g/mol. The van der Waals surface area contributed by atoms with Crippen LogP contribution < -0.4 is 15.9 Å². The Morgan fingerprint density at radius 3 is 1.74 bits per heavy atom. The minimum absolute atomic E-state index is 0. The number of hydrogen-bond donors (Lipinski definition) is 0. The van der Waals surface area contributed by atoms with Gasteiger partial charge >= 0.3 is 19.5 Å². The van der Waals surface area contributed by atoms with Crippen molar-refractivity contribution in [3.8, 4) is 0 Å². The van der Waals surface area contributed by atoms with Crippen LogP contribution in [-0.2, 0) is 24.3 Å². The number of carbonyl (C=O) groups excluding carboxylic acids is 1. The Hall–Kier alpha value is -2.86. The van der Waals surface area contributed by atoms with Crippen molar-refractivity contribution in [1.82, 2.24) is 4.98 Å². The zero-order valence-electron chi connectivity index (χ0n) is 16.8. The van der Waals surface area contributed by atoms with Gasteiger partial charge in [-0.3, -0.25) is 6.79 Å². The third-order valence-corrected chi connectivity index (χ3v) is 7.91. The summed E-state index contributed by atoms with van der Waals surface area (Å²) in [6, 6.07) is 36.7. The third-order valence-electron chi connectivity index (χ3n) is 5.15. The maximum Gasteiger partial charge on any atom is 2.00 e. The number of hydrogen-bond acceptors (Lipinski definition) is 2. The molecule has 2 nitrogen and oxygen atoms in total. The second-order valence-electron chi connectivity index (χ2n) is 6.96. The molecule has 0 aliphatic carbocycles. The number of benzene rings is 4. The van der Waals surface area contributed by atoms with Crippen molar-refractivity contribution >= 4 is 52.4 Å². The van der Waals surface area contributed by atoms with Crippen LogP contribution in [0.3, 0.4) is 0 Å². The van der Waals surface area contributed by atoms with E-state index in [2.05, 4.69) is 105 Å². The van der Waals surface area contributed by atoms with E-state index >= 15 is 0 Å². The maximum absolute atomic E-state index is 7.75. The summed E-state index contributed by atoms with van der Waals surface area (Å²) in [4.78, 5) is 12.9. The van der Waals surface area contributed by atoms with Crippen LogP contribution >= 0.6 is 7.92 Å². The van der Waals surface area contributed by atoms with Gasteiger partial charge in [-0.25, -0.2) is 0 Å². The van der Waals surface area contributed by atoms with Crippen LogP contribution in [0.15, 0.2) is 103 Å². The molecule has 0 amide bonds. The molecule has 0 aliphatic heterocycles. The molecule has 5 aromatic rings. The van der Waals surface area contributed by atoms with Crippen LogP contribution in [-0.4, -0.2) is 11.8 Å². The molecular weight excluding hydrogens is 488 g/mol. The molecule has 5 rings (SSSR count). The fourth-order valence-electron chi connectivity index (χ4n) is 3.84. The zero-order valence-corrected chi connectivity index (χ0v) is 19.4. The number of nitrogens with zero attached hydrogens (tertiary/aromatic N) is 1. The van der Waals surface area contributed by atoms with Crippen molar-refractivity contribution in [3.63, 3.8) is 0 Å². The molecule has 153 valence electrons. The van der Waals surface area contributed by atoms with Crippen molar-refractivity contribution in [3.05, 3.63) is 116 Å².